The molecule has 0 aliphatic heterocycles. The van der Waals surface area contributed by atoms with Gasteiger partial charge in [-0.2, -0.15) is 0 Å². The Morgan fingerprint density at radius 1 is 1.39 bits per heavy atom. The van der Waals surface area contributed by atoms with Crippen LogP contribution >= 0.6 is 11.6 Å². The van der Waals surface area contributed by atoms with Crippen molar-refractivity contribution in [3.63, 3.8) is 0 Å². The Kier molecular flexibility index (Phi) is 3.67. The van der Waals surface area contributed by atoms with E-state index in [1.165, 1.54) is 7.11 Å². The number of ether oxygens (including phenoxy) is 2. The summed E-state index contributed by atoms with van der Waals surface area (Å²) < 4.78 is 10.1. The highest BCUT2D eigenvalue weighted by atomic mass is 35.5. The van der Waals surface area contributed by atoms with Crippen molar-refractivity contribution in [2.24, 2.45) is 0 Å². The highest BCUT2D eigenvalue weighted by molar-refractivity contribution is 6.38. The van der Waals surface area contributed by atoms with E-state index in [4.69, 9.17) is 21.1 Å². The molecule has 0 saturated heterocycles. The van der Waals surface area contributed by atoms with E-state index in [9.17, 15) is 4.79 Å². The minimum atomic E-state index is -0.530. The van der Waals surface area contributed by atoms with Crippen LogP contribution in [-0.2, 0) is 4.74 Å². The van der Waals surface area contributed by atoms with Crippen LogP contribution in [-0.4, -0.2) is 24.7 Å². The lowest BCUT2D eigenvalue weighted by molar-refractivity contribution is 0.0522. The number of fused-ring (bicyclic) bond motifs is 1. The molecule has 0 aliphatic carbocycles. The standard InChI is InChI=1S/C13H12ClNO3/c1-3-18-13(16)10-11(14)8-6-4-5-7-9(8)15-12(10)17-2/h4-7H,3H2,1-2H3. The van der Waals surface area contributed by atoms with Gasteiger partial charge in [0, 0.05) is 5.39 Å². The second kappa shape index (κ2) is 5.23. The summed E-state index contributed by atoms with van der Waals surface area (Å²) in [7, 11) is 1.44. The number of benzene rings is 1. The number of nitrogens with zero attached hydrogens (tertiary/aromatic N) is 1. The lowest BCUT2D eigenvalue weighted by atomic mass is 10.1. The van der Waals surface area contributed by atoms with Crippen molar-refractivity contribution in [2.45, 2.75) is 6.92 Å². The van der Waals surface area contributed by atoms with Crippen LogP contribution in [0.1, 0.15) is 17.3 Å². The molecule has 0 spiro atoms. The Morgan fingerprint density at radius 3 is 2.78 bits per heavy atom. The first kappa shape index (κ1) is 12.6. The molecule has 2 rings (SSSR count). The van der Waals surface area contributed by atoms with Gasteiger partial charge < -0.3 is 9.47 Å². The van der Waals surface area contributed by atoms with Crippen molar-refractivity contribution in [3.05, 3.63) is 34.9 Å². The van der Waals surface area contributed by atoms with Crippen LogP contribution < -0.4 is 4.74 Å². The molecule has 0 radical (unpaired) electrons. The predicted molar refractivity (Wildman–Crippen MR) is 69.3 cm³/mol. The number of carbonyl (C=O) groups is 1. The monoisotopic (exact) mass is 265 g/mol. The number of esters is 1. The lowest BCUT2D eigenvalue weighted by Crippen LogP contribution is -2.09. The molecular weight excluding hydrogens is 254 g/mol. The summed E-state index contributed by atoms with van der Waals surface area (Å²) in [5.41, 5.74) is 0.840. The fraction of sp³-hybridized carbons (Fsp3) is 0.231. The first-order valence-electron chi connectivity index (χ1n) is 5.48. The number of rotatable bonds is 3. The third-order valence-electron chi connectivity index (χ3n) is 2.47. The molecule has 0 saturated carbocycles. The Bertz CT molecular complexity index is 598. The van der Waals surface area contributed by atoms with E-state index in [-0.39, 0.29) is 18.1 Å². The summed E-state index contributed by atoms with van der Waals surface area (Å²) >= 11 is 6.24. The van der Waals surface area contributed by atoms with Gasteiger partial charge in [-0.1, -0.05) is 29.8 Å². The Balaban J connectivity index is 2.70. The number of hydrogen-bond donors (Lipinski definition) is 0. The number of methoxy groups -OCH3 is 1. The second-order valence-corrected chi connectivity index (χ2v) is 3.93. The fourth-order valence-electron chi connectivity index (χ4n) is 1.68. The predicted octanol–water partition coefficient (Wildman–Crippen LogP) is 3.07. The minimum absolute atomic E-state index is 0.166. The Hall–Kier alpha value is -1.81. The van der Waals surface area contributed by atoms with Crippen molar-refractivity contribution < 1.29 is 14.3 Å². The average molecular weight is 266 g/mol. The van der Waals surface area contributed by atoms with Gasteiger partial charge in [-0.05, 0) is 13.0 Å². The van der Waals surface area contributed by atoms with Gasteiger partial charge in [-0.15, -0.1) is 0 Å². The zero-order chi connectivity index (χ0) is 13.1. The third-order valence-corrected chi connectivity index (χ3v) is 2.86. The minimum Gasteiger partial charge on any atom is -0.480 e. The molecule has 2 aromatic rings. The van der Waals surface area contributed by atoms with E-state index in [2.05, 4.69) is 4.98 Å². The lowest BCUT2D eigenvalue weighted by Gasteiger charge is -2.11. The van der Waals surface area contributed by atoms with E-state index in [0.29, 0.717) is 15.9 Å². The summed E-state index contributed by atoms with van der Waals surface area (Å²) in [5.74, 6) is -0.352. The molecule has 1 aromatic carbocycles. The number of hydrogen-bond acceptors (Lipinski definition) is 4. The molecule has 4 nitrogen and oxygen atoms in total. The van der Waals surface area contributed by atoms with Crippen LogP contribution in [0.2, 0.25) is 5.02 Å². The maximum absolute atomic E-state index is 11.9. The summed E-state index contributed by atoms with van der Waals surface area (Å²) in [4.78, 5) is 16.1. The highest BCUT2D eigenvalue weighted by Crippen LogP contribution is 2.32. The van der Waals surface area contributed by atoms with Gasteiger partial charge in [-0.25, -0.2) is 9.78 Å². The molecule has 1 heterocycles. The van der Waals surface area contributed by atoms with Gasteiger partial charge in [0.15, 0.2) is 0 Å². The summed E-state index contributed by atoms with van der Waals surface area (Å²) in [5, 5.41) is 0.999. The molecule has 18 heavy (non-hydrogen) atoms. The van der Waals surface area contributed by atoms with Gasteiger partial charge >= 0.3 is 5.97 Å². The van der Waals surface area contributed by atoms with Crippen molar-refractivity contribution >= 4 is 28.5 Å². The van der Waals surface area contributed by atoms with Gasteiger partial charge in [-0.3, -0.25) is 0 Å². The smallest absolute Gasteiger partial charge is 0.345 e. The summed E-state index contributed by atoms with van der Waals surface area (Å²) in [6, 6.07) is 7.28. The van der Waals surface area contributed by atoms with E-state index in [1.54, 1.807) is 19.1 Å². The van der Waals surface area contributed by atoms with Gasteiger partial charge in [0.05, 0.1) is 24.3 Å². The first-order valence-corrected chi connectivity index (χ1v) is 5.86. The van der Waals surface area contributed by atoms with E-state index in [1.807, 2.05) is 12.1 Å². The molecule has 0 bridgehead atoms. The van der Waals surface area contributed by atoms with E-state index in [0.717, 1.165) is 0 Å². The zero-order valence-electron chi connectivity index (χ0n) is 10.1. The average Bonchev–Trinajstić information content (AvgIpc) is 2.38. The molecule has 0 N–H and O–H groups in total. The van der Waals surface area contributed by atoms with Crippen molar-refractivity contribution in [2.75, 3.05) is 13.7 Å². The fourth-order valence-corrected chi connectivity index (χ4v) is 2.00. The number of carbonyl (C=O) groups excluding carboxylic acids is 1. The topological polar surface area (TPSA) is 48.4 Å². The van der Waals surface area contributed by atoms with Crippen LogP contribution in [0, 0.1) is 0 Å². The highest BCUT2D eigenvalue weighted by Gasteiger charge is 2.21. The number of pyridine rings is 1. The molecular formula is C13H12ClNO3. The molecule has 1 aromatic heterocycles. The first-order chi connectivity index (χ1) is 8.69. The Labute approximate surface area is 109 Å². The van der Waals surface area contributed by atoms with Gasteiger partial charge in [0.1, 0.15) is 5.56 Å². The number of halogens is 1. The van der Waals surface area contributed by atoms with Crippen molar-refractivity contribution in [3.8, 4) is 5.88 Å². The molecule has 0 atom stereocenters. The number of aromatic nitrogens is 1. The Morgan fingerprint density at radius 2 is 2.11 bits per heavy atom. The van der Waals surface area contributed by atoms with Crippen LogP contribution in [0.15, 0.2) is 24.3 Å². The van der Waals surface area contributed by atoms with Crippen molar-refractivity contribution in [1.29, 1.82) is 0 Å². The molecule has 0 unspecified atom stereocenters. The van der Waals surface area contributed by atoms with Crippen LogP contribution in [0.4, 0.5) is 0 Å². The number of para-hydroxylation sites is 1. The summed E-state index contributed by atoms with van der Waals surface area (Å²) in [6.07, 6.45) is 0. The van der Waals surface area contributed by atoms with Gasteiger partial charge in [0.2, 0.25) is 5.88 Å². The molecule has 0 amide bonds. The molecule has 94 valence electrons. The van der Waals surface area contributed by atoms with E-state index >= 15 is 0 Å². The zero-order valence-corrected chi connectivity index (χ0v) is 10.8. The quantitative estimate of drug-likeness (QED) is 0.800. The van der Waals surface area contributed by atoms with Crippen LogP contribution in [0.25, 0.3) is 10.9 Å². The third kappa shape index (κ3) is 2.11. The van der Waals surface area contributed by atoms with Gasteiger partial charge in [0.25, 0.3) is 0 Å². The SMILES string of the molecule is CCOC(=O)c1c(OC)nc2ccccc2c1Cl. The van der Waals surface area contributed by atoms with Crippen LogP contribution in [0.5, 0.6) is 5.88 Å². The molecule has 0 aliphatic rings. The second-order valence-electron chi connectivity index (χ2n) is 3.55. The maximum Gasteiger partial charge on any atom is 0.345 e. The normalized spacial score (nSPS) is 10.4. The molecule has 0 fully saturated rings. The van der Waals surface area contributed by atoms with E-state index < -0.39 is 5.97 Å². The maximum atomic E-state index is 11.9. The van der Waals surface area contributed by atoms with Crippen molar-refractivity contribution in [1.82, 2.24) is 4.98 Å². The molecule has 5 heteroatoms. The summed E-state index contributed by atoms with van der Waals surface area (Å²) in [6.45, 7) is 2.00. The van der Waals surface area contributed by atoms with Crippen LogP contribution in [0.3, 0.4) is 0 Å². The largest absolute Gasteiger partial charge is 0.480 e.